The van der Waals surface area contributed by atoms with Gasteiger partial charge in [-0.1, -0.05) is 20.8 Å². The normalized spacial score (nSPS) is 11.1. The predicted molar refractivity (Wildman–Crippen MR) is 81.2 cm³/mol. The Balaban J connectivity index is 2.42. The lowest BCUT2D eigenvalue weighted by Crippen LogP contribution is -2.17. The van der Waals surface area contributed by atoms with Crippen molar-refractivity contribution in [1.82, 2.24) is 24.7 Å². The van der Waals surface area contributed by atoms with Crippen molar-refractivity contribution in [2.24, 2.45) is 5.84 Å². The highest BCUT2D eigenvalue weighted by Gasteiger charge is 2.18. The summed E-state index contributed by atoms with van der Waals surface area (Å²) in [6.07, 6.45) is 2.29. The summed E-state index contributed by atoms with van der Waals surface area (Å²) < 4.78 is 1.60. The summed E-state index contributed by atoms with van der Waals surface area (Å²) in [6.45, 7) is 6.69. The molecule has 4 N–H and O–H groups in total. The molecule has 2 aromatic rings. The van der Waals surface area contributed by atoms with E-state index in [0.29, 0.717) is 17.5 Å². The van der Waals surface area contributed by atoms with Gasteiger partial charge in [-0.2, -0.15) is 0 Å². The molecule has 114 valence electrons. The Morgan fingerprint density at radius 1 is 1.48 bits per heavy atom. The summed E-state index contributed by atoms with van der Waals surface area (Å²) in [5, 5.41) is 7.86. The minimum Gasteiger partial charge on any atom is -0.308 e. The number of hydrogen-bond acceptors (Lipinski definition) is 7. The first-order valence-corrected chi connectivity index (χ1v) is 7.54. The molecule has 0 aliphatic rings. The lowest BCUT2D eigenvalue weighted by molar-refractivity contribution is 0.603. The molecule has 0 aliphatic heterocycles. The van der Waals surface area contributed by atoms with E-state index in [2.05, 4.69) is 25.6 Å². The van der Waals surface area contributed by atoms with E-state index in [4.69, 9.17) is 5.84 Å². The Morgan fingerprint density at radius 2 is 2.24 bits per heavy atom. The van der Waals surface area contributed by atoms with E-state index in [1.54, 1.807) is 4.57 Å². The SMILES string of the molecule is CCCn1c(Sc2ncnc(NN)c2C(C)C)n[nH]c1=O. The largest absolute Gasteiger partial charge is 0.343 e. The van der Waals surface area contributed by atoms with E-state index in [-0.39, 0.29) is 11.6 Å². The highest BCUT2D eigenvalue weighted by Crippen LogP contribution is 2.33. The molecule has 0 atom stereocenters. The Kier molecular flexibility index (Phi) is 4.97. The molecule has 0 saturated heterocycles. The second-order valence-electron chi connectivity index (χ2n) is 4.81. The van der Waals surface area contributed by atoms with Gasteiger partial charge >= 0.3 is 5.69 Å². The summed E-state index contributed by atoms with van der Waals surface area (Å²) in [5.41, 5.74) is 3.28. The summed E-state index contributed by atoms with van der Waals surface area (Å²) in [7, 11) is 0. The van der Waals surface area contributed by atoms with Gasteiger partial charge in [-0.25, -0.2) is 25.7 Å². The number of anilines is 1. The molecule has 2 rings (SSSR count). The second kappa shape index (κ2) is 6.72. The van der Waals surface area contributed by atoms with Gasteiger partial charge in [0.1, 0.15) is 17.2 Å². The Bertz CT molecular complexity index is 664. The number of rotatable bonds is 6. The van der Waals surface area contributed by atoms with Crippen molar-refractivity contribution in [2.75, 3.05) is 5.43 Å². The number of aromatic amines is 1. The van der Waals surface area contributed by atoms with Crippen LogP contribution in [0.4, 0.5) is 5.82 Å². The van der Waals surface area contributed by atoms with Gasteiger partial charge in [0, 0.05) is 12.1 Å². The Labute approximate surface area is 126 Å². The maximum absolute atomic E-state index is 11.7. The fourth-order valence-corrected chi connectivity index (χ4v) is 3.08. The molecule has 0 aromatic carbocycles. The van der Waals surface area contributed by atoms with Crippen LogP contribution in [0.1, 0.15) is 38.7 Å². The molecule has 0 unspecified atom stereocenters. The van der Waals surface area contributed by atoms with Crippen molar-refractivity contribution in [3.8, 4) is 0 Å². The van der Waals surface area contributed by atoms with Gasteiger partial charge in [-0.05, 0) is 24.1 Å². The van der Waals surface area contributed by atoms with Crippen LogP contribution >= 0.6 is 11.8 Å². The zero-order valence-corrected chi connectivity index (χ0v) is 13.1. The molecule has 0 amide bonds. The van der Waals surface area contributed by atoms with Crippen molar-refractivity contribution < 1.29 is 0 Å². The lowest BCUT2D eigenvalue weighted by Gasteiger charge is -2.14. The number of hydrogen-bond donors (Lipinski definition) is 3. The van der Waals surface area contributed by atoms with Crippen LogP contribution in [0.15, 0.2) is 21.3 Å². The van der Waals surface area contributed by atoms with E-state index < -0.39 is 0 Å². The number of nitrogen functional groups attached to an aromatic ring is 1. The highest BCUT2D eigenvalue weighted by molar-refractivity contribution is 7.99. The smallest absolute Gasteiger partial charge is 0.308 e. The van der Waals surface area contributed by atoms with E-state index in [1.165, 1.54) is 18.1 Å². The maximum Gasteiger partial charge on any atom is 0.343 e. The maximum atomic E-state index is 11.7. The second-order valence-corrected chi connectivity index (χ2v) is 5.76. The van der Waals surface area contributed by atoms with E-state index in [0.717, 1.165) is 17.0 Å². The van der Waals surface area contributed by atoms with Gasteiger partial charge in [0.05, 0.1) is 0 Å². The van der Waals surface area contributed by atoms with Gasteiger partial charge in [-0.15, -0.1) is 5.10 Å². The molecular formula is C12H19N7OS. The van der Waals surface area contributed by atoms with Crippen LogP contribution in [-0.2, 0) is 6.54 Å². The highest BCUT2D eigenvalue weighted by atomic mass is 32.2. The number of aromatic nitrogens is 5. The van der Waals surface area contributed by atoms with E-state index >= 15 is 0 Å². The van der Waals surface area contributed by atoms with Crippen molar-refractivity contribution in [1.29, 1.82) is 0 Å². The first-order valence-electron chi connectivity index (χ1n) is 6.73. The first kappa shape index (κ1) is 15.5. The molecule has 0 bridgehead atoms. The summed E-state index contributed by atoms with van der Waals surface area (Å²) >= 11 is 1.33. The summed E-state index contributed by atoms with van der Waals surface area (Å²) in [6, 6.07) is 0. The van der Waals surface area contributed by atoms with Crippen molar-refractivity contribution in [3.05, 3.63) is 22.4 Å². The molecule has 0 radical (unpaired) electrons. The molecule has 0 saturated carbocycles. The van der Waals surface area contributed by atoms with Crippen LogP contribution in [0, 0.1) is 0 Å². The van der Waals surface area contributed by atoms with Crippen molar-refractivity contribution >= 4 is 17.6 Å². The van der Waals surface area contributed by atoms with Crippen molar-refractivity contribution in [2.45, 2.75) is 49.8 Å². The van der Waals surface area contributed by atoms with Crippen LogP contribution < -0.4 is 17.0 Å². The van der Waals surface area contributed by atoms with Gasteiger partial charge < -0.3 is 5.43 Å². The van der Waals surface area contributed by atoms with Crippen LogP contribution in [0.25, 0.3) is 0 Å². The van der Waals surface area contributed by atoms with E-state index in [1.807, 2.05) is 20.8 Å². The molecule has 2 heterocycles. The minimum absolute atomic E-state index is 0.185. The molecule has 0 fully saturated rings. The average molecular weight is 309 g/mol. The molecule has 9 heteroatoms. The number of hydrazine groups is 1. The molecular weight excluding hydrogens is 290 g/mol. The van der Waals surface area contributed by atoms with Crippen LogP contribution in [-0.4, -0.2) is 24.7 Å². The fraction of sp³-hybridized carbons (Fsp3) is 0.500. The van der Waals surface area contributed by atoms with Gasteiger partial charge in [0.2, 0.25) is 0 Å². The number of nitrogens with one attached hydrogen (secondary N) is 2. The Morgan fingerprint density at radius 3 is 2.86 bits per heavy atom. The third-order valence-corrected chi connectivity index (χ3v) is 3.93. The van der Waals surface area contributed by atoms with Gasteiger partial charge in [-0.3, -0.25) is 4.57 Å². The molecule has 21 heavy (non-hydrogen) atoms. The predicted octanol–water partition coefficient (Wildman–Crippen LogP) is 1.33. The number of nitrogens with zero attached hydrogens (tertiary/aromatic N) is 4. The zero-order chi connectivity index (χ0) is 15.4. The quantitative estimate of drug-likeness (QED) is 0.419. The van der Waals surface area contributed by atoms with Crippen molar-refractivity contribution in [3.63, 3.8) is 0 Å². The van der Waals surface area contributed by atoms with E-state index in [9.17, 15) is 4.79 Å². The van der Waals surface area contributed by atoms with Crippen LogP contribution in [0.5, 0.6) is 0 Å². The summed E-state index contributed by atoms with van der Waals surface area (Å²) in [5.74, 6) is 6.28. The fourth-order valence-electron chi connectivity index (χ4n) is 1.98. The third-order valence-electron chi connectivity index (χ3n) is 2.92. The molecule has 0 aliphatic carbocycles. The molecule has 8 nitrogen and oxygen atoms in total. The summed E-state index contributed by atoms with van der Waals surface area (Å²) in [4.78, 5) is 20.2. The average Bonchev–Trinajstić information content (AvgIpc) is 2.80. The van der Waals surface area contributed by atoms with Gasteiger partial charge in [0.15, 0.2) is 5.16 Å². The molecule has 0 spiro atoms. The zero-order valence-electron chi connectivity index (χ0n) is 12.3. The topological polar surface area (TPSA) is 115 Å². The van der Waals surface area contributed by atoms with Crippen LogP contribution in [0.2, 0.25) is 0 Å². The number of H-pyrrole nitrogens is 1. The Hall–Kier alpha value is -1.87. The lowest BCUT2D eigenvalue weighted by atomic mass is 10.1. The third kappa shape index (κ3) is 3.24. The monoisotopic (exact) mass is 309 g/mol. The molecule has 2 aromatic heterocycles. The minimum atomic E-state index is -0.211. The number of nitrogens with two attached hydrogens (primary N) is 1. The van der Waals surface area contributed by atoms with Crippen LogP contribution in [0.3, 0.4) is 0 Å². The van der Waals surface area contributed by atoms with Gasteiger partial charge in [0.25, 0.3) is 0 Å². The first-order chi connectivity index (χ1) is 10.1. The standard InChI is InChI=1S/C12H19N7OS/c1-4-5-19-11(20)17-18-12(19)21-10-8(7(2)3)9(16-13)14-6-15-10/h6-7H,4-5,13H2,1-3H3,(H,17,20)(H,14,15,16).